The van der Waals surface area contributed by atoms with Crippen molar-refractivity contribution in [2.45, 2.75) is 44.6 Å². The molecule has 8 nitrogen and oxygen atoms in total. The average molecular weight is 413 g/mol. The molecule has 1 amide bonds. The van der Waals surface area contributed by atoms with Gasteiger partial charge in [-0.2, -0.15) is 0 Å². The Hall–Kier alpha value is -1.65. The van der Waals surface area contributed by atoms with E-state index in [2.05, 4.69) is 20.6 Å². The summed E-state index contributed by atoms with van der Waals surface area (Å²) in [5, 5.41) is 22.6. The minimum Gasteiger partial charge on any atom is -0.400 e. The van der Waals surface area contributed by atoms with Crippen LogP contribution in [0, 0.1) is 0 Å². The molecule has 0 aromatic carbocycles. The zero-order valence-electron chi connectivity index (χ0n) is 16.7. The molecule has 4 N–H and O–H groups in total. The number of hydrogen-bond acceptors (Lipinski definition) is 8. The van der Waals surface area contributed by atoms with Crippen molar-refractivity contribution in [2.75, 3.05) is 38.7 Å². The Bertz CT molecular complexity index is 610. The molecule has 158 valence electrons. The number of carbonyl (C=O) groups is 1. The van der Waals surface area contributed by atoms with Crippen LogP contribution in [0.1, 0.15) is 39.0 Å². The number of ether oxygens (including phenoxy) is 1. The number of pyridine rings is 1. The Morgan fingerprint density at radius 3 is 2.36 bits per heavy atom. The summed E-state index contributed by atoms with van der Waals surface area (Å²) in [5.74, 6) is 0. The number of fused-ring (bicyclic) bond motifs is 1. The van der Waals surface area contributed by atoms with E-state index >= 15 is 0 Å². The molecule has 2 fully saturated rings. The van der Waals surface area contributed by atoms with Gasteiger partial charge in [0.05, 0.1) is 16.5 Å². The Kier molecular flexibility index (Phi) is 12.5. The summed E-state index contributed by atoms with van der Waals surface area (Å²) in [5.41, 5.74) is 0.428. The Morgan fingerprint density at radius 2 is 1.93 bits per heavy atom. The van der Waals surface area contributed by atoms with Crippen molar-refractivity contribution in [1.82, 2.24) is 15.3 Å². The average Bonchev–Trinajstić information content (AvgIpc) is 3.14. The normalized spacial score (nSPS) is 17.6. The lowest BCUT2D eigenvalue weighted by Crippen LogP contribution is -2.39. The van der Waals surface area contributed by atoms with E-state index in [0.29, 0.717) is 11.5 Å². The number of aromatic nitrogens is 2. The van der Waals surface area contributed by atoms with Gasteiger partial charge in [0.1, 0.15) is 5.52 Å². The fourth-order valence-corrected chi connectivity index (χ4v) is 3.34. The van der Waals surface area contributed by atoms with Gasteiger partial charge >= 0.3 is 0 Å². The van der Waals surface area contributed by atoms with E-state index in [-0.39, 0.29) is 5.60 Å². The minimum atomic E-state index is -0.384. The van der Waals surface area contributed by atoms with E-state index in [9.17, 15) is 9.90 Å². The molecule has 2 aromatic rings. The van der Waals surface area contributed by atoms with Gasteiger partial charge in [0.25, 0.3) is 0 Å². The molecule has 0 saturated carbocycles. The minimum absolute atomic E-state index is 0.384. The van der Waals surface area contributed by atoms with Crippen LogP contribution in [0.25, 0.3) is 10.2 Å². The smallest absolute Gasteiger partial charge is 0.213 e. The second kappa shape index (κ2) is 14.4. The lowest BCUT2D eigenvalue weighted by molar-refractivity contribution is -0.105. The van der Waals surface area contributed by atoms with E-state index in [1.54, 1.807) is 12.4 Å². The fraction of sp³-hybridized carbons (Fsp3) is 0.632. The van der Waals surface area contributed by atoms with Crippen LogP contribution >= 0.6 is 11.3 Å². The highest BCUT2D eigenvalue weighted by Crippen LogP contribution is 2.23. The first-order valence-electron chi connectivity index (χ1n) is 9.47. The first kappa shape index (κ1) is 24.4. The third-order valence-corrected chi connectivity index (χ3v) is 5.10. The Morgan fingerprint density at radius 1 is 1.25 bits per heavy atom. The second-order valence-corrected chi connectivity index (χ2v) is 7.58. The Balaban J connectivity index is 0.000000213. The number of aliphatic hydroxyl groups excluding tert-OH is 1. The van der Waals surface area contributed by atoms with Gasteiger partial charge in [-0.05, 0) is 58.2 Å². The number of amides is 1. The van der Waals surface area contributed by atoms with E-state index in [4.69, 9.17) is 9.84 Å². The molecule has 0 atom stereocenters. The van der Waals surface area contributed by atoms with Gasteiger partial charge in [0.2, 0.25) is 6.41 Å². The molecule has 9 heteroatoms. The third kappa shape index (κ3) is 10.0. The van der Waals surface area contributed by atoms with Gasteiger partial charge in [-0.3, -0.25) is 9.78 Å². The maximum Gasteiger partial charge on any atom is 0.213 e. The molecule has 2 saturated heterocycles. The highest BCUT2D eigenvalue weighted by molar-refractivity contribution is 7.22. The first-order valence-corrected chi connectivity index (χ1v) is 10.3. The number of hydrogen-bond donors (Lipinski definition) is 4. The van der Waals surface area contributed by atoms with Crippen molar-refractivity contribution in [1.29, 1.82) is 0 Å². The molecular weight excluding hydrogens is 380 g/mol. The fourth-order valence-electron chi connectivity index (χ4n) is 2.54. The van der Waals surface area contributed by atoms with Crippen LogP contribution in [0.4, 0.5) is 5.13 Å². The van der Waals surface area contributed by atoms with Crippen LogP contribution in [-0.4, -0.2) is 65.6 Å². The molecule has 0 bridgehead atoms. The summed E-state index contributed by atoms with van der Waals surface area (Å²) in [6.07, 6.45) is 9.71. The highest BCUT2D eigenvalue weighted by atomic mass is 32.1. The molecular formula is C19H32N4O4S. The molecule has 2 aromatic heterocycles. The van der Waals surface area contributed by atoms with E-state index in [1.807, 2.05) is 13.0 Å². The molecule has 4 rings (SSSR count). The summed E-state index contributed by atoms with van der Waals surface area (Å²) in [7, 11) is 1.00. The largest absolute Gasteiger partial charge is 0.400 e. The van der Waals surface area contributed by atoms with Gasteiger partial charge in [-0.15, -0.1) is 0 Å². The van der Waals surface area contributed by atoms with Gasteiger partial charge in [0.15, 0.2) is 5.13 Å². The number of anilines is 1. The van der Waals surface area contributed by atoms with Crippen LogP contribution in [0.3, 0.4) is 0 Å². The van der Waals surface area contributed by atoms with Crippen LogP contribution in [0.5, 0.6) is 0 Å². The van der Waals surface area contributed by atoms with Gasteiger partial charge in [0, 0.05) is 26.5 Å². The summed E-state index contributed by atoms with van der Waals surface area (Å²) >= 11 is 1.43. The lowest BCUT2D eigenvalue weighted by Gasteiger charge is -2.27. The summed E-state index contributed by atoms with van der Waals surface area (Å²) in [4.78, 5) is 18.1. The first-order chi connectivity index (χ1) is 13.6. The second-order valence-electron chi connectivity index (χ2n) is 6.54. The number of nitrogens with zero attached hydrogens (tertiary/aromatic N) is 2. The molecule has 28 heavy (non-hydrogen) atoms. The van der Waals surface area contributed by atoms with Crippen molar-refractivity contribution in [2.24, 2.45) is 0 Å². The highest BCUT2D eigenvalue weighted by Gasteiger charge is 2.22. The predicted octanol–water partition coefficient (Wildman–Crippen LogP) is 2.18. The maximum absolute atomic E-state index is 10.1. The number of rotatable bonds is 2. The molecule has 2 aliphatic heterocycles. The van der Waals surface area contributed by atoms with Crippen molar-refractivity contribution in [3.8, 4) is 0 Å². The van der Waals surface area contributed by atoms with Crippen LogP contribution in [0.2, 0.25) is 0 Å². The molecule has 0 radical (unpaired) electrons. The van der Waals surface area contributed by atoms with Crippen LogP contribution in [0.15, 0.2) is 18.5 Å². The molecule has 2 aliphatic rings. The number of nitrogens with one attached hydrogen (secondary N) is 2. The lowest BCUT2D eigenvalue weighted by atomic mass is 9.95. The van der Waals surface area contributed by atoms with E-state index in [1.165, 1.54) is 30.6 Å². The summed E-state index contributed by atoms with van der Waals surface area (Å²) in [6.45, 7) is 5.83. The maximum atomic E-state index is 10.1. The van der Waals surface area contributed by atoms with Crippen molar-refractivity contribution >= 4 is 33.1 Å². The van der Waals surface area contributed by atoms with Crippen molar-refractivity contribution < 1.29 is 19.7 Å². The number of thiazole rings is 1. The van der Waals surface area contributed by atoms with Gasteiger partial charge in [-0.1, -0.05) is 11.3 Å². The molecule has 4 heterocycles. The quantitative estimate of drug-likeness (QED) is 0.559. The van der Waals surface area contributed by atoms with Crippen molar-refractivity contribution in [3.63, 3.8) is 0 Å². The number of carbonyl (C=O) groups excluding carboxylic acids is 1. The monoisotopic (exact) mass is 412 g/mol. The SMILES string of the molecule is C1CCOCC1.CC1(O)CCNCC1.CO.O=CNc1nc2cnccc2s1. The topological polar surface area (TPSA) is 117 Å². The standard InChI is InChI=1S/C7H5N3OS.C6H13NO.C5H10O.CH4O/c11-4-9-7-10-5-3-8-2-1-6(5)12-7;1-6(8)2-4-7-5-3-6;1-2-4-6-5-3-1;1-2/h1-4H,(H,9,10,11);7-8H,2-5H2,1H3;1-5H2;2H,1H3. The Labute approximate surface area is 170 Å². The van der Waals surface area contributed by atoms with Crippen LogP contribution < -0.4 is 10.6 Å². The van der Waals surface area contributed by atoms with E-state index < -0.39 is 0 Å². The van der Waals surface area contributed by atoms with Crippen LogP contribution in [-0.2, 0) is 9.53 Å². The molecule has 0 aliphatic carbocycles. The number of aliphatic hydroxyl groups is 2. The third-order valence-electron chi connectivity index (χ3n) is 4.13. The van der Waals surface area contributed by atoms with Crippen molar-refractivity contribution in [3.05, 3.63) is 18.5 Å². The van der Waals surface area contributed by atoms with E-state index in [0.717, 1.165) is 56.5 Å². The van der Waals surface area contributed by atoms with Gasteiger partial charge in [-0.25, -0.2) is 4.98 Å². The predicted molar refractivity (Wildman–Crippen MR) is 113 cm³/mol. The summed E-state index contributed by atoms with van der Waals surface area (Å²) in [6, 6.07) is 1.86. The molecule has 0 unspecified atom stereocenters. The zero-order valence-corrected chi connectivity index (χ0v) is 17.5. The molecule has 0 spiro atoms. The number of piperidine rings is 1. The van der Waals surface area contributed by atoms with Gasteiger partial charge < -0.3 is 25.6 Å². The summed E-state index contributed by atoms with van der Waals surface area (Å²) < 4.78 is 6.09. The zero-order chi connectivity index (χ0) is 20.7.